The molecule has 2 heterocycles. The minimum absolute atomic E-state index is 0.458. The maximum atomic E-state index is 11.4. The summed E-state index contributed by atoms with van der Waals surface area (Å²) in [7, 11) is 0. The Balaban J connectivity index is 1.76. The number of carbonyl (C=O) groups is 2. The standard InChI is InChI=1S/C12H12N2O9/c15-7-1-2-8(16)13(7)22-11(19)5-21-6-12(20)23-14-9(17)3-4-10(14)18/h1-4,15-18H,5-6H2. The number of hydrogen-bond acceptors (Lipinski definition) is 9. The molecule has 0 radical (unpaired) electrons. The highest BCUT2D eigenvalue weighted by Gasteiger charge is 2.15. The van der Waals surface area contributed by atoms with Gasteiger partial charge in [0, 0.05) is 24.3 Å². The van der Waals surface area contributed by atoms with Gasteiger partial charge in [-0.1, -0.05) is 0 Å². The number of aromatic hydroxyl groups is 4. The molecular formula is C12H12N2O9. The molecule has 0 aromatic carbocycles. The molecule has 23 heavy (non-hydrogen) atoms. The fourth-order valence-corrected chi connectivity index (χ4v) is 1.46. The van der Waals surface area contributed by atoms with Crippen molar-refractivity contribution in [2.24, 2.45) is 0 Å². The van der Waals surface area contributed by atoms with E-state index in [0.717, 1.165) is 24.3 Å². The van der Waals surface area contributed by atoms with Crippen LogP contribution < -0.4 is 9.68 Å². The average Bonchev–Trinajstić information content (AvgIpc) is 2.97. The molecule has 124 valence electrons. The van der Waals surface area contributed by atoms with Crippen LogP contribution in [0.3, 0.4) is 0 Å². The summed E-state index contributed by atoms with van der Waals surface area (Å²) in [4.78, 5) is 31.9. The first kappa shape index (κ1) is 16.0. The van der Waals surface area contributed by atoms with E-state index in [1.165, 1.54) is 0 Å². The van der Waals surface area contributed by atoms with Gasteiger partial charge in [-0.2, -0.15) is 0 Å². The molecule has 0 aliphatic heterocycles. The smallest absolute Gasteiger partial charge is 0.358 e. The van der Waals surface area contributed by atoms with Crippen molar-refractivity contribution in [1.82, 2.24) is 9.46 Å². The van der Waals surface area contributed by atoms with Gasteiger partial charge < -0.3 is 34.8 Å². The zero-order valence-corrected chi connectivity index (χ0v) is 11.4. The van der Waals surface area contributed by atoms with E-state index in [2.05, 4.69) is 9.68 Å². The van der Waals surface area contributed by atoms with Gasteiger partial charge >= 0.3 is 11.9 Å². The van der Waals surface area contributed by atoms with Crippen molar-refractivity contribution in [3.8, 4) is 23.5 Å². The third-order valence-electron chi connectivity index (χ3n) is 2.42. The lowest BCUT2D eigenvalue weighted by Gasteiger charge is -2.08. The van der Waals surface area contributed by atoms with Crippen LogP contribution >= 0.6 is 0 Å². The molecule has 0 saturated heterocycles. The van der Waals surface area contributed by atoms with Crippen molar-refractivity contribution < 1.29 is 44.4 Å². The van der Waals surface area contributed by atoms with Crippen molar-refractivity contribution in [1.29, 1.82) is 0 Å². The highest BCUT2D eigenvalue weighted by atomic mass is 16.7. The van der Waals surface area contributed by atoms with E-state index in [0.29, 0.717) is 9.46 Å². The third-order valence-corrected chi connectivity index (χ3v) is 2.42. The predicted molar refractivity (Wildman–Crippen MR) is 69.5 cm³/mol. The van der Waals surface area contributed by atoms with Crippen LogP contribution in [0.5, 0.6) is 23.5 Å². The summed E-state index contributed by atoms with van der Waals surface area (Å²) in [5.74, 6) is -4.04. The van der Waals surface area contributed by atoms with Gasteiger partial charge in [0.1, 0.15) is 13.2 Å². The molecule has 11 nitrogen and oxygen atoms in total. The molecular weight excluding hydrogens is 316 g/mol. The highest BCUT2D eigenvalue weighted by Crippen LogP contribution is 2.19. The zero-order valence-electron chi connectivity index (χ0n) is 11.4. The van der Waals surface area contributed by atoms with Gasteiger partial charge in [0.15, 0.2) is 0 Å². The Morgan fingerprint density at radius 3 is 1.35 bits per heavy atom. The Morgan fingerprint density at radius 2 is 1.04 bits per heavy atom. The molecule has 4 N–H and O–H groups in total. The Morgan fingerprint density at radius 1 is 0.739 bits per heavy atom. The monoisotopic (exact) mass is 328 g/mol. The number of aromatic nitrogens is 2. The molecule has 0 saturated carbocycles. The molecule has 2 aromatic rings. The molecule has 0 unspecified atom stereocenters. The van der Waals surface area contributed by atoms with Gasteiger partial charge in [0.2, 0.25) is 23.5 Å². The maximum absolute atomic E-state index is 11.4. The second-order valence-electron chi connectivity index (χ2n) is 4.11. The second kappa shape index (κ2) is 6.62. The van der Waals surface area contributed by atoms with Crippen LogP contribution in [-0.4, -0.2) is 55.0 Å². The first-order valence-corrected chi connectivity index (χ1v) is 6.08. The lowest BCUT2D eigenvalue weighted by molar-refractivity contribution is -0.157. The van der Waals surface area contributed by atoms with E-state index in [9.17, 15) is 30.0 Å². The quantitative estimate of drug-likeness (QED) is 0.509. The van der Waals surface area contributed by atoms with Crippen molar-refractivity contribution in [3.05, 3.63) is 24.3 Å². The molecule has 0 atom stereocenters. The predicted octanol–water partition coefficient (Wildman–Crippen LogP) is -1.26. The Kier molecular flexibility index (Phi) is 4.61. The lowest BCUT2D eigenvalue weighted by atomic mass is 10.6. The third kappa shape index (κ3) is 3.85. The summed E-state index contributed by atoms with van der Waals surface area (Å²) < 4.78 is 5.63. The summed E-state index contributed by atoms with van der Waals surface area (Å²) >= 11 is 0. The number of carbonyl (C=O) groups excluding carboxylic acids is 2. The van der Waals surface area contributed by atoms with E-state index in [4.69, 9.17) is 4.74 Å². The molecule has 0 bridgehead atoms. The van der Waals surface area contributed by atoms with Crippen molar-refractivity contribution in [3.63, 3.8) is 0 Å². The van der Waals surface area contributed by atoms with E-state index in [1.54, 1.807) is 0 Å². The molecule has 0 spiro atoms. The van der Waals surface area contributed by atoms with Gasteiger partial charge in [-0.15, -0.1) is 9.46 Å². The van der Waals surface area contributed by atoms with Crippen LogP contribution in [0.25, 0.3) is 0 Å². The molecule has 0 aliphatic rings. The van der Waals surface area contributed by atoms with Crippen LogP contribution in [0.4, 0.5) is 0 Å². The number of hydrogen-bond donors (Lipinski definition) is 4. The lowest BCUT2D eigenvalue weighted by Crippen LogP contribution is -2.28. The Hall–Kier alpha value is -3.34. The zero-order chi connectivity index (χ0) is 17.0. The average molecular weight is 328 g/mol. The van der Waals surface area contributed by atoms with Gasteiger partial charge in [-0.25, -0.2) is 9.59 Å². The van der Waals surface area contributed by atoms with Crippen molar-refractivity contribution in [2.75, 3.05) is 13.2 Å². The summed E-state index contributed by atoms with van der Waals surface area (Å²) in [5, 5.41) is 37.0. The van der Waals surface area contributed by atoms with Crippen LogP contribution in [0.15, 0.2) is 24.3 Å². The van der Waals surface area contributed by atoms with E-state index in [-0.39, 0.29) is 0 Å². The van der Waals surface area contributed by atoms with Crippen LogP contribution in [0, 0.1) is 0 Å². The summed E-state index contributed by atoms with van der Waals surface area (Å²) in [6, 6.07) is 4.38. The van der Waals surface area contributed by atoms with E-state index >= 15 is 0 Å². The van der Waals surface area contributed by atoms with Gasteiger partial charge in [0.25, 0.3) is 0 Å². The minimum Gasteiger partial charge on any atom is -0.492 e. The van der Waals surface area contributed by atoms with Crippen LogP contribution in [0.2, 0.25) is 0 Å². The summed E-state index contributed by atoms with van der Waals surface area (Å²) in [6.07, 6.45) is 0. The van der Waals surface area contributed by atoms with Gasteiger partial charge in [-0.05, 0) is 0 Å². The molecule has 0 aliphatic carbocycles. The molecule has 11 heteroatoms. The molecule has 2 aromatic heterocycles. The van der Waals surface area contributed by atoms with Crippen LogP contribution in [-0.2, 0) is 14.3 Å². The largest absolute Gasteiger partial charge is 0.492 e. The number of ether oxygens (including phenoxy) is 1. The Labute approximate surface area is 128 Å². The Bertz CT molecular complexity index is 619. The molecule has 2 rings (SSSR count). The van der Waals surface area contributed by atoms with E-state index in [1.807, 2.05) is 0 Å². The second-order valence-corrected chi connectivity index (χ2v) is 4.11. The summed E-state index contributed by atoms with van der Waals surface area (Å²) in [6.45, 7) is -1.37. The van der Waals surface area contributed by atoms with Crippen molar-refractivity contribution in [2.45, 2.75) is 0 Å². The number of rotatable bonds is 6. The van der Waals surface area contributed by atoms with Gasteiger partial charge in [-0.3, -0.25) is 0 Å². The maximum Gasteiger partial charge on any atom is 0.358 e. The fourth-order valence-electron chi connectivity index (χ4n) is 1.46. The first-order valence-electron chi connectivity index (χ1n) is 6.08. The topological polar surface area (TPSA) is 153 Å². The summed E-state index contributed by atoms with van der Waals surface area (Å²) in [5.41, 5.74) is 0. The van der Waals surface area contributed by atoms with Crippen LogP contribution in [0.1, 0.15) is 0 Å². The fraction of sp³-hybridized carbons (Fsp3) is 0.167. The molecule has 0 amide bonds. The molecule has 0 fully saturated rings. The SMILES string of the molecule is O=C(COCC(=O)On1c(O)ccc1O)On1c(O)ccc1O. The highest BCUT2D eigenvalue weighted by molar-refractivity contribution is 5.73. The van der Waals surface area contributed by atoms with Crippen molar-refractivity contribution >= 4 is 11.9 Å². The van der Waals surface area contributed by atoms with Gasteiger partial charge in [0.05, 0.1) is 0 Å². The first-order chi connectivity index (χ1) is 10.9. The normalized spacial score (nSPS) is 10.4. The number of nitrogens with zero attached hydrogens (tertiary/aromatic N) is 2. The minimum atomic E-state index is -1.01. The van der Waals surface area contributed by atoms with E-state index < -0.39 is 48.7 Å².